The Balaban J connectivity index is 2.82. The third kappa shape index (κ3) is 3.74. The summed E-state index contributed by atoms with van der Waals surface area (Å²) in [5.74, 6) is 0. The fourth-order valence-electron chi connectivity index (χ4n) is 2.21. The van der Waals surface area contributed by atoms with E-state index in [1.807, 2.05) is 0 Å². The number of pyridine rings is 1. The first-order chi connectivity index (χ1) is 10.7. The Hall–Kier alpha value is -1.43. The molecule has 0 radical (unpaired) electrons. The molecule has 23 heavy (non-hydrogen) atoms. The summed E-state index contributed by atoms with van der Waals surface area (Å²) >= 11 is 0. The normalized spacial score (nSPS) is 12.8. The van der Waals surface area contributed by atoms with Crippen molar-refractivity contribution in [3.63, 3.8) is 0 Å². The first-order valence-electron chi connectivity index (χ1n) is 7.09. The highest BCUT2D eigenvalue weighted by molar-refractivity contribution is 7.62. The number of aromatic nitrogens is 1. The second-order valence-electron chi connectivity index (χ2n) is 4.88. The lowest BCUT2D eigenvalue weighted by molar-refractivity contribution is -0.140. The predicted molar refractivity (Wildman–Crippen MR) is 82.0 cm³/mol. The van der Waals surface area contributed by atoms with E-state index < -0.39 is 19.5 Å². The zero-order valence-corrected chi connectivity index (χ0v) is 13.9. The van der Waals surface area contributed by atoms with Crippen LogP contribution in [0.15, 0.2) is 24.3 Å². The molecule has 0 atom stereocenters. The van der Waals surface area contributed by atoms with Crippen LogP contribution in [0.25, 0.3) is 10.9 Å². The average molecular weight is 347 g/mol. The van der Waals surface area contributed by atoms with Crippen LogP contribution in [-0.2, 0) is 19.8 Å². The molecule has 1 heterocycles. The summed E-state index contributed by atoms with van der Waals surface area (Å²) in [5, 5.41) is 0.227. The number of nitrogens with zero attached hydrogens (tertiary/aromatic N) is 1. The zero-order chi connectivity index (χ0) is 17.3. The Morgan fingerprint density at radius 3 is 2.26 bits per heavy atom. The number of alkyl halides is 3. The van der Waals surface area contributed by atoms with Crippen molar-refractivity contribution < 1.29 is 26.8 Å². The average Bonchev–Trinajstić information content (AvgIpc) is 2.45. The Kier molecular flexibility index (Phi) is 5.14. The maximum atomic E-state index is 13.1. The molecule has 2 aromatic rings. The van der Waals surface area contributed by atoms with Crippen LogP contribution in [0, 0.1) is 6.92 Å². The van der Waals surface area contributed by atoms with Gasteiger partial charge in [0, 0.05) is 5.39 Å². The van der Waals surface area contributed by atoms with Crippen LogP contribution >= 0.6 is 7.60 Å². The van der Waals surface area contributed by atoms with E-state index in [0.29, 0.717) is 5.39 Å². The molecule has 0 aliphatic carbocycles. The minimum Gasteiger partial charge on any atom is -0.305 e. The van der Waals surface area contributed by atoms with Crippen molar-refractivity contribution in [1.82, 2.24) is 4.98 Å². The highest BCUT2D eigenvalue weighted by atomic mass is 31.2. The van der Waals surface area contributed by atoms with Crippen LogP contribution < -0.4 is 5.30 Å². The predicted octanol–water partition coefficient (Wildman–Crippen LogP) is 4.45. The van der Waals surface area contributed by atoms with Crippen LogP contribution in [0.4, 0.5) is 13.2 Å². The summed E-state index contributed by atoms with van der Waals surface area (Å²) in [7, 11) is -3.87. The number of hydrogen-bond acceptors (Lipinski definition) is 4. The molecule has 0 unspecified atom stereocenters. The summed E-state index contributed by atoms with van der Waals surface area (Å²) in [6.45, 7) is 5.09. The van der Waals surface area contributed by atoms with E-state index in [4.69, 9.17) is 9.05 Å². The molecule has 0 spiro atoms. The molecule has 0 N–H and O–H groups in total. The SMILES string of the molecule is CCOP(=O)(OCC)c1cc(C(F)(F)F)nc2ccc(C)cc12. The van der Waals surface area contributed by atoms with Gasteiger partial charge in [0.1, 0.15) is 5.69 Å². The molecule has 0 fully saturated rings. The van der Waals surface area contributed by atoms with E-state index in [1.54, 1.807) is 32.9 Å². The molecule has 0 saturated heterocycles. The Morgan fingerprint density at radius 1 is 1.13 bits per heavy atom. The van der Waals surface area contributed by atoms with Gasteiger partial charge in [-0.15, -0.1) is 0 Å². The summed E-state index contributed by atoms with van der Waals surface area (Å²) in [4.78, 5) is 3.62. The van der Waals surface area contributed by atoms with Crippen molar-refractivity contribution in [2.24, 2.45) is 0 Å². The third-order valence-electron chi connectivity index (χ3n) is 3.13. The van der Waals surface area contributed by atoms with Gasteiger partial charge < -0.3 is 9.05 Å². The van der Waals surface area contributed by atoms with Gasteiger partial charge in [-0.25, -0.2) is 4.98 Å². The van der Waals surface area contributed by atoms with Gasteiger partial charge in [-0.2, -0.15) is 13.2 Å². The van der Waals surface area contributed by atoms with E-state index in [0.717, 1.165) is 11.6 Å². The van der Waals surface area contributed by atoms with Crippen molar-refractivity contribution in [2.45, 2.75) is 26.9 Å². The van der Waals surface area contributed by atoms with Gasteiger partial charge in [0.25, 0.3) is 0 Å². The van der Waals surface area contributed by atoms with Crippen molar-refractivity contribution in [3.8, 4) is 0 Å². The van der Waals surface area contributed by atoms with Crippen molar-refractivity contribution in [2.75, 3.05) is 13.2 Å². The maximum absolute atomic E-state index is 13.1. The molecule has 2 rings (SSSR count). The Morgan fingerprint density at radius 2 is 1.74 bits per heavy atom. The highest BCUT2D eigenvalue weighted by Gasteiger charge is 2.37. The van der Waals surface area contributed by atoms with E-state index in [1.165, 1.54) is 6.07 Å². The van der Waals surface area contributed by atoms with Crippen LogP contribution in [0.2, 0.25) is 0 Å². The number of hydrogen-bond donors (Lipinski definition) is 0. The summed E-state index contributed by atoms with van der Waals surface area (Å²) in [5.41, 5.74) is -0.219. The minimum absolute atomic E-state index is 0.0499. The monoisotopic (exact) mass is 347 g/mol. The standard InChI is InChI=1S/C15H17F3NO3P/c1-4-21-23(20,22-5-2)13-9-14(15(16,17)18)19-12-7-6-10(3)8-11(12)13/h6-9H,4-5H2,1-3H3. The molecule has 126 valence electrons. The first-order valence-corrected chi connectivity index (χ1v) is 8.64. The smallest absolute Gasteiger partial charge is 0.305 e. The molecule has 4 nitrogen and oxygen atoms in total. The van der Waals surface area contributed by atoms with Gasteiger partial charge in [0.15, 0.2) is 0 Å². The van der Waals surface area contributed by atoms with Gasteiger partial charge in [-0.05, 0) is 39.0 Å². The fraction of sp³-hybridized carbons (Fsp3) is 0.400. The summed E-state index contributed by atoms with van der Waals surface area (Å²) in [6, 6.07) is 5.49. The molecule has 1 aromatic heterocycles. The molecule has 0 amide bonds. The van der Waals surface area contributed by atoms with Crippen LogP contribution in [0.3, 0.4) is 0 Å². The van der Waals surface area contributed by atoms with Gasteiger partial charge in [-0.1, -0.05) is 11.6 Å². The number of aryl methyl sites for hydroxylation is 1. The quantitative estimate of drug-likeness (QED) is 0.750. The second kappa shape index (κ2) is 6.59. The van der Waals surface area contributed by atoms with Gasteiger partial charge in [0.05, 0.1) is 24.0 Å². The molecular weight excluding hydrogens is 330 g/mol. The number of rotatable bonds is 5. The van der Waals surface area contributed by atoms with Crippen molar-refractivity contribution >= 4 is 23.8 Å². The Labute approximate surface area is 132 Å². The van der Waals surface area contributed by atoms with Crippen LogP contribution in [0.1, 0.15) is 25.1 Å². The number of fused-ring (bicyclic) bond motifs is 1. The molecular formula is C15H17F3NO3P. The van der Waals surface area contributed by atoms with E-state index in [-0.39, 0.29) is 24.0 Å². The van der Waals surface area contributed by atoms with Crippen molar-refractivity contribution in [1.29, 1.82) is 0 Å². The highest BCUT2D eigenvalue weighted by Crippen LogP contribution is 2.49. The summed E-state index contributed by atoms with van der Waals surface area (Å²) in [6.07, 6.45) is -4.66. The molecule has 0 aliphatic rings. The molecule has 8 heteroatoms. The van der Waals surface area contributed by atoms with Crippen LogP contribution in [-0.4, -0.2) is 18.2 Å². The van der Waals surface area contributed by atoms with Gasteiger partial charge in [-0.3, -0.25) is 4.57 Å². The van der Waals surface area contributed by atoms with E-state index >= 15 is 0 Å². The van der Waals surface area contributed by atoms with Gasteiger partial charge in [0.2, 0.25) is 0 Å². The summed E-state index contributed by atoms with van der Waals surface area (Å²) < 4.78 is 62.7. The first kappa shape index (κ1) is 17.9. The number of halogens is 3. The molecule has 0 bridgehead atoms. The minimum atomic E-state index is -4.66. The zero-order valence-electron chi connectivity index (χ0n) is 13.0. The lowest BCUT2D eigenvalue weighted by Crippen LogP contribution is -2.18. The van der Waals surface area contributed by atoms with E-state index in [9.17, 15) is 17.7 Å². The molecule has 0 aliphatic heterocycles. The van der Waals surface area contributed by atoms with Crippen LogP contribution in [0.5, 0.6) is 0 Å². The van der Waals surface area contributed by atoms with E-state index in [2.05, 4.69) is 4.98 Å². The lowest BCUT2D eigenvalue weighted by atomic mass is 10.1. The fourth-order valence-corrected chi connectivity index (χ4v) is 4.00. The third-order valence-corrected chi connectivity index (χ3v) is 5.28. The lowest BCUT2D eigenvalue weighted by Gasteiger charge is -2.20. The topological polar surface area (TPSA) is 48.4 Å². The molecule has 1 aromatic carbocycles. The maximum Gasteiger partial charge on any atom is 0.433 e. The second-order valence-corrected chi connectivity index (χ2v) is 6.87. The number of benzene rings is 1. The molecule has 0 saturated carbocycles. The van der Waals surface area contributed by atoms with Gasteiger partial charge >= 0.3 is 13.8 Å². The van der Waals surface area contributed by atoms with Crippen molar-refractivity contribution in [3.05, 3.63) is 35.5 Å². The Bertz CT molecular complexity index is 751. The largest absolute Gasteiger partial charge is 0.433 e.